The first-order chi connectivity index (χ1) is 18.9. The van der Waals surface area contributed by atoms with E-state index in [0.29, 0.717) is 17.7 Å². The first-order valence-corrected chi connectivity index (χ1v) is 15.0. The topological polar surface area (TPSA) is 67.8 Å². The Morgan fingerprint density at radius 2 is 1.70 bits per heavy atom. The predicted molar refractivity (Wildman–Crippen MR) is 165 cm³/mol. The maximum absolute atomic E-state index is 14.3. The number of hydrogen-bond acceptors (Lipinski definition) is 5. The smallest absolute Gasteiger partial charge is 0.337 e. The second-order valence-electron chi connectivity index (χ2n) is 10.8. The summed E-state index contributed by atoms with van der Waals surface area (Å²) >= 11 is 1.43. The Morgan fingerprint density at radius 1 is 1.05 bits per heavy atom. The van der Waals surface area contributed by atoms with E-state index < -0.39 is 17.7 Å². The molecule has 1 aliphatic rings. The summed E-state index contributed by atoms with van der Waals surface area (Å²) in [6.45, 7) is 16.0. The van der Waals surface area contributed by atoms with Gasteiger partial charge in [0.05, 0.1) is 17.9 Å². The number of rotatable bonds is 7. The maximum atomic E-state index is 14.3. The van der Waals surface area contributed by atoms with Crippen LogP contribution in [0.5, 0.6) is 5.75 Å². The van der Waals surface area contributed by atoms with Crippen molar-refractivity contribution in [3.8, 4) is 28.0 Å². The highest BCUT2D eigenvalue weighted by atomic mass is 32.2. The van der Waals surface area contributed by atoms with Crippen molar-refractivity contribution in [2.75, 3.05) is 17.6 Å². The summed E-state index contributed by atoms with van der Waals surface area (Å²) in [5.41, 5.74) is 7.54. The Kier molecular flexibility index (Phi) is 10.3. The average Bonchev–Trinajstić information content (AvgIpc) is 2.91. The number of benzene rings is 3. The first kappa shape index (κ1) is 31.5. The van der Waals surface area contributed by atoms with E-state index in [0.717, 1.165) is 63.2 Å². The molecule has 5 nitrogen and oxygen atoms in total. The summed E-state index contributed by atoms with van der Waals surface area (Å²) in [5.74, 6) is -0.448. The van der Waals surface area contributed by atoms with Gasteiger partial charge in [0.1, 0.15) is 11.6 Å². The maximum Gasteiger partial charge on any atom is 0.337 e. The molecule has 2 N–H and O–H groups in total. The van der Waals surface area contributed by atoms with Gasteiger partial charge in [-0.3, -0.25) is 0 Å². The van der Waals surface area contributed by atoms with E-state index in [1.54, 1.807) is 13.0 Å². The van der Waals surface area contributed by atoms with Gasteiger partial charge in [-0.15, -0.1) is 0 Å². The summed E-state index contributed by atoms with van der Waals surface area (Å²) in [7, 11) is 0. The third-order valence-electron chi connectivity index (χ3n) is 6.85. The van der Waals surface area contributed by atoms with Crippen molar-refractivity contribution in [3.63, 3.8) is 0 Å². The van der Waals surface area contributed by atoms with Crippen LogP contribution in [-0.2, 0) is 16.0 Å². The number of carboxylic acids is 1. The van der Waals surface area contributed by atoms with Gasteiger partial charge in [0.25, 0.3) is 0 Å². The van der Waals surface area contributed by atoms with Crippen molar-refractivity contribution in [1.29, 1.82) is 0 Å². The average molecular weight is 568 g/mol. The SMILES string of the molecule is CC.CSNc1c(C)c(C(OC(C)(C)C)C(=O)O)c(-c2ccc3c(c2)CCCO3)c(C)c1-c1ccc(F)c(C)c1. The van der Waals surface area contributed by atoms with Crippen molar-refractivity contribution in [1.82, 2.24) is 0 Å². The zero-order valence-electron chi connectivity index (χ0n) is 25.1. The van der Waals surface area contributed by atoms with Crippen LogP contribution in [0, 0.1) is 26.6 Å². The Hall–Kier alpha value is -3.03. The fourth-order valence-corrected chi connectivity index (χ4v) is 5.68. The molecule has 216 valence electrons. The molecule has 3 aromatic rings. The fraction of sp³-hybridized carbons (Fsp3) is 0.424. The standard InChI is InChI=1S/C31H36FNO4S.C2H6/c1-17-15-21(10-12-23(17)32)26-18(2)25(22-11-13-24-20(16-22)9-8-14-36-24)27(19(3)28(26)33-38-7)29(30(34)35)37-31(4,5)6;1-2/h10-13,15-16,29,33H,8-9,14H2,1-7H3,(H,34,35);1-2H3. The second-order valence-corrected chi connectivity index (χ2v) is 11.4. The van der Waals surface area contributed by atoms with Gasteiger partial charge < -0.3 is 19.3 Å². The van der Waals surface area contributed by atoms with Gasteiger partial charge in [0.15, 0.2) is 6.10 Å². The quantitative estimate of drug-likeness (QED) is 0.278. The van der Waals surface area contributed by atoms with E-state index in [9.17, 15) is 14.3 Å². The van der Waals surface area contributed by atoms with Crippen molar-refractivity contribution < 1.29 is 23.8 Å². The highest BCUT2D eigenvalue weighted by Gasteiger charge is 2.34. The predicted octanol–water partition coefficient (Wildman–Crippen LogP) is 9.07. The van der Waals surface area contributed by atoms with Crippen molar-refractivity contribution in [2.45, 2.75) is 79.9 Å². The Morgan fingerprint density at radius 3 is 2.30 bits per heavy atom. The Labute approximate surface area is 242 Å². The highest BCUT2D eigenvalue weighted by Crippen LogP contribution is 2.48. The van der Waals surface area contributed by atoms with Crippen LogP contribution in [0.25, 0.3) is 22.3 Å². The van der Waals surface area contributed by atoms with Crippen LogP contribution >= 0.6 is 11.9 Å². The molecule has 0 fully saturated rings. The largest absolute Gasteiger partial charge is 0.493 e. The van der Waals surface area contributed by atoms with E-state index in [1.807, 2.05) is 72.9 Å². The van der Waals surface area contributed by atoms with Gasteiger partial charge in [-0.05, 0) is 118 Å². The normalized spacial score (nSPS) is 13.4. The van der Waals surface area contributed by atoms with Gasteiger partial charge in [0.2, 0.25) is 0 Å². The molecule has 0 saturated carbocycles. The number of halogens is 1. The van der Waals surface area contributed by atoms with E-state index in [-0.39, 0.29) is 5.82 Å². The summed E-state index contributed by atoms with van der Waals surface area (Å²) in [6.07, 6.45) is 2.56. The van der Waals surface area contributed by atoms with Crippen molar-refractivity contribution in [3.05, 3.63) is 70.0 Å². The third kappa shape index (κ3) is 6.64. The number of carboxylic acid groups (broad SMARTS) is 1. The fourth-order valence-electron chi connectivity index (χ4n) is 5.22. The Balaban J connectivity index is 0.00000216. The van der Waals surface area contributed by atoms with Gasteiger partial charge in [-0.1, -0.05) is 37.9 Å². The van der Waals surface area contributed by atoms with Crippen LogP contribution in [0.1, 0.15) is 75.0 Å². The Bertz CT molecular complexity index is 1380. The van der Waals surface area contributed by atoms with Gasteiger partial charge in [-0.25, -0.2) is 9.18 Å². The minimum absolute atomic E-state index is 0.265. The first-order valence-electron chi connectivity index (χ1n) is 13.8. The van der Waals surface area contributed by atoms with Crippen LogP contribution in [-0.4, -0.2) is 29.5 Å². The van der Waals surface area contributed by atoms with Gasteiger partial charge >= 0.3 is 5.97 Å². The lowest BCUT2D eigenvalue weighted by atomic mass is 9.82. The minimum Gasteiger partial charge on any atom is -0.493 e. The molecule has 40 heavy (non-hydrogen) atoms. The molecular formula is C33H42FNO4S. The number of hydrogen-bond donors (Lipinski definition) is 2. The zero-order valence-corrected chi connectivity index (χ0v) is 25.9. The number of ether oxygens (including phenoxy) is 2. The molecule has 0 aliphatic carbocycles. The van der Waals surface area contributed by atoms with Crippen LogP contribution in [0.4, 0.5) is 10.1 Å². The molecule has 0 radical (unpaired) electrons. The van der Waals surface area contributed by atoms with Crippen LogP contribution in [0.15, 0.2) is 36.4 Å². The summed E-state index contributed by atoms with van der Waals surface area (Å²) in [5, 5.41) is 10.4. The number of anilines is 1. The lowest BCUT2D eigenvalue weighted by molar-refractivity contribution is -0.160. The number of fused-ring (bicyclic) bond motifs is 1. The monoisotopic (exact) mass is 567 g/mol. The van der Waals surface area contributed by atoms with E-state index in [1.165, 1.54) is 18.0 Å². The molecule has 7 heteroatoms. The second kappa shape index (κ2) is 13.1. The van der Waals surface area contributed by atoms with E-state index in [2.05, 4.69) is 10.8 Å². The summed E-state index contributed by atoms with van der Waals surface area (Å²) < 4.78 is 29.7. The molecule has 0 saturated heterocycles. The number of aryl methyl sites for hydroxylation is 2. The molecule has 0 aromatic heterocycles. The van der Waals surface area contributed by atoms with E-state index >= 15 is 0 Å². The molecule has 0 spiro atoms. The summed E-state index contributed by atoms with van der Waals surface area (Å²) in [6, 6.07) is 11.2. The molecule has 1 aliphatic heterocycles. The molecule has 0 bridgehead atoms. The third-order valence-corrected chi connectivity index (χ3v) is 7.26. The number of nitrogens with one attached hydrogen (secondary N) is 1. The highest BCUT2D eigenvalue weighted by molar-refractivity contribution is 7.99. The molecule has 4 rings (SSSR count). The minimum atomic E-state index is -1.19. The molecule has 1 heterocycles. The molecule has 1 unspecified atom stereocenters. The molecule has 1 atom stereocenters. The zero-order chi connectivity index (χ0) is 29.8. The van der Waals surface area contributed by atoms with E-state index in [4.69, 9.17) is 9.47 Å². The van der Waals surface area contributed by atoms with Crippen LogP contribution in [0.2, 0.25) is 0 Å². The van der Waals surface area contributed by atoms with Crippen LogP contribution in [0.3, 0.4) is 0 Å². The number of carbonyl (C=O) groups is 1. The molecule has 0 amide bonds. The lowest BCUT2D eigenvalue weighted by Gasteiger charge is -2.31. The van der Waals surface area contributed by atoms with Gasteiger partial charge in [0, 0.05) is 17.4 Å². The molecule has 3 aromatic carbocycles. The van der Waals surface area contributed by atoms with Crippen molar-refractivity contribution >= 4 is 23.6 Å². The van der Waals surface area contributed by atoms with Crippen LogP contribution < -0.4 is 9.46 Å². The molecular weight excluding hydrogens is 525 g/mol. The number of aliphatic carboxylic acids is 1. The van der Waals surface area contributed by atoms with Gasteiger partial charge in [-0.2, -0.15) is 0 Å². The van der Waals surface area contributed by atoms with Crippen molar-refractivity contribution in [2.24, 2.45) is 0 Å². The lowest BCUT2D eigenvalue weighted by Crippen LogP contribution is -2.28. The summed E-state index contributed by atoms with van der Waals surface area (Å²) in [4.78, 5) is 12.8.